The predicted octanol–water partition coefficient (Wildman–Crippen LogP) is 3.71. The summed E-state index contributed by atoms with van der Waals surface area (Å²) >= 11 is 2.13. The van der Waals surface area contributed by atoms with Crippen molar-refractivity contribution in [1.82, 2.24) is 5.32 Å². The summed E-state index contributed by atoms with van der Waals surface area (Å²) in [6, 6.07) is 14.3. The molecule has 0 radical (unpaired) electrons. The van der Waals surface area contributed by atoms with Crippen molar-refractivity contribution < 1.29 is 4.79 Å². The number of fused-ring (bicyclic) bond motifs is 1. The molecular formula is C14H12INO. The molecule has 2 rings (SSSR count). The maximum absolute atomic E-state index is 11.1. The summed E-state index contributed by atoms with van der Waals surface area (Å²) in [6.45, 7) is 1.52. The van der Waals surface area contributed by atoms with Crippen LogP contribution in [0.3, 0.4) is 0 Å². The number of amides is 1. The maximum atomic E-state index is 11.1. The summed E-state index contributed by atoms with van der Waals surface area (Å²) in [5.74, 6) is -0.0546. The first kappa shape index (κ1) is 12.1. The maximum Gasteiger partial charge on any atom is 0.221 e. The Labute approximate surface area is 114 Å². The number of halogens is 1. The Balaban J connectivity index is 2.45. The van der Waals surface area contributed by atoms with Crippen LogP contribution in [0, 0.1) is 0 Å². The van der Waals surface area contributed by atoms with Crippen LogP contribution in [0.15, 0.2) is 46.5 Å². The van der Waals surface area contributed by atoms with Gasteiger partial charge in [-0.3, -0.25) is 4.79 Å². The Kier molecular flexibility index (Phi) is 3.78. The summed E-state index contributed by atoms with van der Waals surface area (Å²) in [4.78, 5) is 11.1. The lowest BCUT2D eigenvalue weighted by Crippen LogP contribution is -2.17. The molecule has 0 aliphatic rings. The van der Waals surface area contributed by atoms with Crippen LogP contribution in [0.4, 0.5) is 0 Å². The van der Waals surface area contributed by atoms with Gasteiger partial charge in [0.1, 0.15) is 0 Å². The van der Waals surface area contributed by atoms with Crippen LogP contribution >= 0.6 is 22.6 Å². The van der Waals surface area contributed by atoms with E-state index in [9.17, 15) is 4.79 Å². The summed E-state index contributed by atoms with van der Waals surface area (Å²) < 4.78 is 1.88. The highest BCUT2D eigenvalue weighted by Gasteiger charge is 2.03. The van der Waals surface area contributed by atoms with Crippen molar-refractivity contribution in [2.45, 2.75) is 6.92 Å². The van der Waals surface area contributed by atoms with Crippen molar-refractivity contribution in [3.8, 4) is 0 Å². The molecule has 0 aromatic heterocycles. The molecule has 0 saturated heterocycles. The van der Waals surface area contributed by atoms with Gasteiger partial charge < -0.3 is 5.32 Å². The highest BCUT2D eigenvalue weighted by Crippen LogP contribution is 2.20. The first-order valence-corrected chi connectivity index (χ1v) is 6.52. The molecule has 1 amide bonds. The van der Waals surface area contributed by atoms with E-state index in [4.69, 9.17) is 0 Å². The fourth-order valence-corrected chi connectivity index (χ4v) is 2.22. The molecule has 0 atom stereocenters. The minimum atomic E-state index is -0.0546. The molecule has 0 fully saturated rings. The third-order valence-corrected chi connectivity index (χ3v) is 3.10. The normalized spacial score (nSPS) is 11.5. The molecule has 0 unspecified atom stereocenters. The molecule has 0 bridgehead atoms. The van der Waals surface area contributed by atoms with Crippen LogP contribution in [0.25, 0.3) is 16.5 Å². The third kappa shape index (κ3) is 2.85. The number of benzene rings is 2. The number of nitrogens with one attached hydrogen (secondary N) is 1. The molecule has 0 aliphatic carbocycles. The summed E-state index contributed by atoms with van der Waals surface area (Å²) in [6.07, 6.45) is 0. The molecule has 17 heavy (non-hydrogen) atoms. The molecule has 2 aromatic rings. The van der Waals surface area contributed by atoms with Gasteiger partial charge in [-0.1, -0.05) is 59.0 Å². The fourth-order valence-electron chi connectivity index (χ4n) is 1.71. The second kappa shape index (κ2) is 5.31. The van der Waals surface area contributed by atoms with E-state index in [-0.39, 0.29) is 5.91 Å². The lowest BCUT2D eigenvalue weighted by atomic mass is 10.1. The van der Waals surface area contributed by atoms with Crippen LogP contribution in [-0.4, -0.2) is 5.91 Å². The zero-order chi connectivity index (χ0) is 12.3. The smallest absolute Gasteiger partial charge is 0.221 e. The molecule has 3 heteroatoms. The van der Waals surface area contributed by atoms with Gasteiger partial charge in [0, 0.05) is 11.0 Å². The number of rotatable bonds is 2. The monoisotopic (exact) mass is 337 g/mol. The topological polar surface area (TPSA) is 29.1 Å². The molecule has 0 spiro atoms. The predicted molar refractivity (Wildman–Crippen MR) is 79.8 cm³/mol. The first-order chi connectivity index (χ1) is 8.20. The van der Waals surface area contributed by atoms with Gasteiger partial charge in [-0.2, -0.15) is 0 Å². The summed E-state index contributed by atoms with van der Waals surface area (Å²) in [5.41, 5.74) is 1.86. The van der Waals surface area contributed by atoms with Crippen LogP contribution in [-0.2, 0) is 4.79 Å². The molecule has 86 valence electrons. The van der Waals surface area contributed by atoms with Gasteiger partial charge in [0.15, 0.2) is 0 Å². The molecule has 0 aliphatic heterocycles. The van der Waals surface area contributed by atoms with Gasteiger partial charge in [-0.05, 0) is 22.4 Å². The van der Waals surface area contributed by atoms with Gasteiger partial charge in [0.05, 0.1) is 5.70 Å². The molecule has 2 aromatic carbocycles. The van der Waals surface area contributed by atoms with Crippen LogP contribution in [0.5, 0.6) is 0 Å². The second-order valence-corrected chi connectivity index (χ2v) is 4.39. The first-order valence-electron chi connectivity index (χ1n) is 5.28. The Morgan fingerprint density at radius 3 is 2.53 bits per heavy atom. The molecule has 0 heterocycles. The van der Waals surface area contributed by atoms with Crippen molar-refractivity contribution in [2.75, 3.05) is 0 Å². The van der Waals surface area contributed by atoms with E-state index in [0.717, 1.165) is 11.3 Å². The third-order valence-electron chi connectivity index (χ3n) is 2.48. The number of hydrogen-bond donors (Lipinski definition) is 1. The number of carbonyl (C=O) groups excluding carboxylic acids is 1. The van der Waals surface area contributed by atoms with E-state index in [2.05, 4.69) is 52.2 Å². The van der Waals surface area contributed by atoms with E-state index in [1.165, 1.54) is 17.7 Å². The van der Waals surface area contributed by atoms with E-state index < -0.39 is 0 Å². The Hall–Kier alpha value is -1.36. The average Bonchev–Trinajstić information content (AvgIpc) is 2.35. The number of hydrogen-bond acceptors (Lipinski definition) is 1. The highest BCUT2D eigenvalue weighted by molar-refractivity contribution is 14.1. The summed E-state index contributed by atoms with van der Waals surface area (Å²) in [5, 5.41) is 5.20. The van der Waals surface area contributed by atoms with Crippen molar-refractivity contribution in [1.29, 1.82) is 0 Å². The number of carbonyl (C=O) groups is 1. The Morgan fingerprint density at radius 2 is 1.88 bits per heavy atom. The van der Waals surface area contributed by atoms with Gasteiger partial charge in [-0.15, -0.1) is 0 Å². The lowest BCUT2D eigenvalue weighted by molar-refractivity contribution is -0.117. The van der Waals surface area contributed by atoms with E-state index in [0.29, 0.717) is 0 Å². The van der Waals surface area contributed by atoms with Crippen molar-refractivity contribution in [3.05, 3.63) is 52.1 Å². The molecular weight excluding hydrogens is 325 g/mol. The van der Waals surface area contributed by atoms with Gasteiger partial charge in [0.25, 0.3) is 0 Å². The average molecular weight is 337 g/mol. The van der Waals surface area contributed by atoms with E-state index in [1.54, 1.807) is 0 Å². The second-order valence-electron chi connectivity index (χ2n) is 3.77. The fraction of sp³-hybridized carbons (Fsp3) is 0.0714. The minimum Gasteiger partial charge on any atom is -0.325 e. The summed E-state index contributed by atoms with van der Waals surface area (Å²) in [7, 11) is 0. The van der Waals surface area contributed by atoms with Crippen LogP contribution < -0.4 is 5.32 Å². The zero-order valence-corrected chi connectivity index (χ0v) is 11.6. The standard InChI is InChI=1S/C14H12INO/c1-10(17)16-14(9-15)13-7-6-11-4-2-3-5-12(11)8-13/h2-9H,1H3,(H,16,17)/b14-9-. The van der Waals surface area contributed by atoms with Crippen molar-refractivity contribution in [3.63, 3.8) is 0 Å². The minimum absolute atomic E-state index is 0.0546. The van der Waals surface area contributed by atoms with Crippen LogP contribution in [0.1, 0.15) is 12.5 Å². The highest BCUT2D eigenvalue weighted by atomic mass is 127. The van der Waals surface area contributed by atoms with Crippen molar-refractivity contribution >= 4 is 45.0 Å². The SMILES string of the molecule is CC(=O)N/C(=C\I)c1ccc2ccccc2c1. The Bertz CT molecular complexity index is 590. The van der Waals surface area contributed by atoms with Gasteiger partial charge >= 0.3 is 0 Å². The molecule has 1 N–H and O–H groups in total. The molecule has 2 nitrogen and oxygen atoms in total. The van der Waals surface area contributed by atoms with Gasteiger partial charge in [0.2, 0.25) is 5.91 Å². The largest absolute Gasteiger partial charge is 0.325 e. The van der Waals surface area contributed by atoms with E-state index in [1.807, 2.05) is 22.3 Å². The Morgan fingerprint density at radius 1 is 1.18 bits per heavy atom. The van der Waals surface area contributed by atoms with Crippen molar-refractivity contribution in [2.24, 2.45) is 0 Å². The van der Waals surface area contributed by atoms with Crippen LogP contribution in [0.2, 0.25) is 0 Å². The quantitative estimate of drug-likeness (QED) is 0.832. The lowest BCUT2D eigenvalue weighted by Gasteiger charge is -2.08. The zero-order valence-electron chi connectivity index (χ0n) is 9.41. The molecule has 0 saturated carbocycles. The van der Waals surface area contributed by atoms with Gasteiger partial charge in [-0.25, -0.2) is 0 Å². The van der Waals surface area contributed by atoms with E-state index >= 15 is 0 Å².